The van der Waals surface area contributed by atoms with Crippen molar-refractivity contribution in [1.82, 2.24) is 14.8 Å². The Labute approximate surface area is 142 Å². The highest BCUT2D eigenvalue weighted by atomic mass is 16.6. The molecule has 3 aromatic rings. The molecule has 1 N–H and O–H groups in total. The van der Waals surface area contributed by atoms with Crippen LogP contribution in [-0.4, -0.2) is 25.6 Å². The highest BCUT2D eigenvalue weighted by molar-refractivity contribution is 5.90. The molecule has 9 nitrogen and oxygen atoms in total. The number of nitro groups is 1. The molecule has 0 aliphatic heterocycles. The lowest BCUT2D eigenvalue weighted by Crippen LogP contribution is -2.19. The number of nitrogens with zero attached hydrogens (tertiary/aromatic N) is 4. The average molecular weight is 339 g/mol. The van der Waals surface area contributed by atoms with Gasteiger partial charge in [0.05, 0.1) is 0 Å². The summed E-state index contributed by atoms with van der Waals surface area (Å²) < 4.78 is 6.76. The van der Waals surface area contributed by atoms with Crippen LogP contribution in [0.5, 0.6) is 11.5 Å². The Hall–Kier alpha value is -3.75. The van der Waals surface area contributed by atoms with Crippen molar-refractivity contribution >= 4 is 17.5 Å². The van der Waals surface area contributed by atoms with Gasteiger partial charge in [-0.3, -0.25) is 4.79 Å². The predicted octanol–water partition coefficient (Wildman–Crippen LogP) is 2.62. The fourth-order valence-electron chi connectivity index (χ4n) is 2.02. The number of amides is 1. The van der Waals surface area contributed by atoms with Gasteiger partial charge in [0.25, 0.3) is 0 Å². The van der Waals surface area contributed by atoms with Gasteiger partial charge in [-0.05, 0) is 41.3 Å². The number of carbonyl (C=O) groups excluding carboxylic acids is 1. The minimum Gasteiger partial charge on any atom is -0.457 e. The van der Waals surface area contributed by atoms with Crippen molar-refractivity contribution in [3.05, 3.63) is 71.0 Å². The Balaban J connectivity index is 1.57. The summed E-state index contributed by atoms with van der Waals surface area (Å²) in [6.07, 6.45) is 1.13. The minimum absolute atomic E-state index is 0.177. The maximum absolute atomic E-state index is 11.9. The molecular formula is C16H13N5O4. The van der Waals surface area contributed by atoms with Crippen molar-refractivity contribution < 1.29 is 14.5 Å². The number of ether oxygens (including phenoxy) is 1. The number of nitrogens with one attached hydrogen (secondary N) is 1. The van der Waals surface area contributed by atoms with Gasteiger partial charge in [0.15, 0.2) is 0 Å². The number of para-hydroxylation sites is 1. The van der Waals surface area contributed by atoms with Crippen LogP contribution in [0.15, 0.2) is 60.9 Å². The second-order valence-electron chi connectivity index (χ2n) is 4.99. The van der Waals surface area contributed by atoms with E-state index in [4.69, 9.17) is 4.74 Å². The van der Waals surface area contributed by atoms with E-state index >= 15 is 0 Å². The van der Waals surface area contributed by atoms with Gasteiger partial charge in [0, 0.05) is 10.8 Å². The first kappa shape index (κ1) is 16.1. The van der Waals surface area contributed by atoms with Gasteiger partial charge in [-0.15, -0.1) is 0 Å². The number of aromatic nitrogens is 3. The number of carbonyl (C=O) groups is 1. The van der Waals surface area contributed by atoms with E-state index in [1.165, 1.54) is 0 Å². The molecule has 0 radical (unpaired) electrons. The minimum atomic E-state index is -0.722. The van der Waals surface area contributed by atoms with Gasteiger partial charge < -0.3 is 20.2 Å². The molecule has 9 heteroatoms. The second-order valence-corrected chi connectivity index (χ2v) is 4.99. The fraction of sp³-hybridized carbons (Fsp3) is 0.0625. The first-order valence-electron chi connectivity index (χ1n) is 7.27. The van der Waals surface area contributed by atoms with Gasteiger partial charge in [-0.1, -0.05) is 23.2 Å². The number of hydrogen-bond donors (Lipinski definition) is 1. The third-order valence-electron chi connectivity index (χ3n) is 3.11. The first-order valence-corrected chi connectivity index (χ1v) is 7.27. The van der Waals surface area contributed by atoms with E-state index in [0.29, 0.717) is 17.2 Å². The summed E-state index contributed by atoms with van der Waals surface area (Å²) in [5, 5.41) is 16.8. The number of benzene rings is 2. The van der Waals surface area contributed by atoms with Crippen molar-refractivity contribution in [1.29, 1.82) is 0 Å². The molecule has 126 valence electrons. The molecule has 1 aromatic heterocycles. The van der Waals surface area contributed by atoms with Crippen molar-refractivity contribution in [2.75, 3.05) is 5.32 Å². The van der Waals surface area contributed by atoms with Gasteiger partial charge >= 0.3 is 5.95 Å². The first-order chi connectivity index (χ1) is 12.1. The molecule has 0 saturated carbocycles. The van der Waals surface area contributed by atoms with Crippen LogP contribution < -0.4 is 10.1 Å². The third kappa shape index (κ3) is 4.38. The van der Waals surface area contributed by atoms with Gasteiger partial charge in [-0.25, -0.2) is 0 Å². The quantitative estimate of drug-likeness (QED) is 0.546. The summed E-state index contributed by atoms with van der Waals surface area (Å²) in [4.78, 5) is 25.2. The molecule has 0 fully saturated rings. The Morgan fingerprint density at radius 2 is 1.80 bits per heavy atom. The van der Waals surface area contributed by atoms with E-state index in [-0.39, 0.29) is 12.5 Å². The molecule has 0 bridgehead atoms. The van der Waals surface area contributed by atoms with Crippen LogP contribution in [0.25, 0.3) is 0 Å². The summed E-state index contributed by atoms with van der Waals surface area (Å²) in [5.41, 5.74) is 0.569. The van der Waals surface area contributed by atoms with Gasteiger partial charge in [0.2, 0.25) is 12.2 Å². The lowest BCUT2D eigenvalue weighted by Gasteiger charge is -2.07. The third-order valence-corrected chi connectivity index (χ3v) is 3.11. The smallest absolute Gasteiger partial charge is 0.457 e. The lowest BCUT2D eigenvalue weighted by atomic mass is 10.3. The molecular weight excluding hydrogens is 326 g/mol. The fourth-order valence-corrected chi connectivity index (χ4v) is 2.02. The molecule has 0 aliphatic rings. The van der Waals surface area contributed by atoms with Crippen molar-refractivity contribution in [2.45, 2.75) is 6.54 Å². The molecule has 3 rings (SSSR count). The van der Waals surface area contributed by atoms with E-state index in [1.54, 1.807) is 24.3 Å². The Morgan fingerprint density at radius 1 is 1.12 bits per heavy atom. The molecule has 25 heavy (non-hydrogen) atoms. The number of hydrogen-bond acceptors (Lipinski definition) is 6. The Morgan fingerprint density at radius 3 is 2.44 bits per heavy atom. The van der Waals surface area contributed by atoms with Crippen molar-refractivity contribution in [3.8, 4) is 11.5 Å². The summed E-state index contributed by atoms with van der Waals surface area (Å²) in [5.74, 6) is 0.426. The summed E-state index contributed by atoms with van der Waals surface area (Å²) in [6.45, 7) is -0.177. The molecule has 1 heterocycles. The van der Waals surface area contributed by atoms with E-state index in [9.17, 15) is 14.9 Å². The normalized spacial score (nSPS) is 10.2. The summed E-state index contributed by atoms with van der Waals surface area (Å²) >= 11 is 0. The molecule has 0 atom stereocenters. The Bertz CT molecular complexity index is 877. The average Bonchev–Trinajstić information content (AvgIpc) is 3.06. The Kier molecular flexibility index (Phi) is 4.65. The zero-order valence-corrected chi connectivity index (χ0v) is 12.9. The highest BCUT2D eigenvalue weighted by Gasteiger charge is 2.15. The van der Waals surface area contributed by atoms with Crippen LogP contribution in [0.1, 0.15) is 0 Å². The maximum Gasteiger partial charge on any atom is 0.490 e. The summed E-state index contributed by atoms with van der Waals surface area (Å²) in [7, 11) is 0. The molecule has 0 aliphatic carbocycles. The van der Waals surface area contributed by atoms with Crippen LogP contribution in [0.4, 0.5) is 11.6 Å². The van der Waals surface area contributed by atoms with Crippen LogP contribution in [0.2, 0.25) is 0 Å². The molecule has 0 spiro atoms. The largest absolute Gasteiger partial charge is 0.490 e. The second kappa shape index (κ2) is 7.21. The topological polar surface area (TPSA) is 112 Å². The van der Waals surface area contributed by atoms with Gasteiger partial charge in [-0.2, -0.15) is 4.68 Å². The number of rotatable bonds is 6. The van der Waals surface area contributed by atoms with E-state index in [0.717, 1.165) is 11.0 Å². The van der Waals surface area contributed by atoms with Crippen LogP contribution in [0.3, 0.4) is 0 Å². The van der Waals surface area contributed by atoms with Crippen molar-refractivity contribution in [2.24, 2.45) is 0 Å². The SMILES string of the molecule is O=C(Cn1cnc([N+](=O)[O-])n1)Nc1ccc(Oc2ccccc2)cc1. The van der Waals surface area contributed by atoms with Crippen LogP contribution in [0, 0.1) is 10.1 Å². The highest BCUT2D eigenvalue weighted by Crippen LogP contribution is 2.22. The number of anilines is 1. The summed E-state index contributed by atoms with van der Waals surface area (Å²) in [6, 6.07) is 16.2. The van der Waals surface area contributed by atoms with Crippen molar-refractivity contribution in [3.63, 3.8) is 0 Å². The molecule has 0 unspecified atom stereocenters. The monoisotopic (exact) mass is 339 g/mol. The molecule has 1 amide bonds. The zero-order valence-electron chi connectivity index (χ0n) is 12.9. The van der Waals surface area contributed by atoms with Crippen LogP contribution in [-0.2, 0) is 11.3 Å². The van der Waals surface area contributed by atoms with E-state index in [2.05, 4.69) is 15.4 Å². The zero-order chi connectivity index (χ0) is 17.6. The molecule has 0 saturated heterocycles. The van der Waals surface area contributed by atoms with Crippen LogP contribution >= 0.6 is 0 Å². The lowest BCUT2D eigenvalue weighted by molar-refractivity contribution is -0.394. The van der Waals surface area contributed by atoms with Gasteiger partial charge in [0.1, 0.15) is 18.0 Å². The predicted molar refractivity (Wildman–Crippen MR) is 88.3 cm³/mol. The maximum atomic E-state index is 11.9. The van der Waals surface area contributed by atoms with E-state index < -0.39 is 10.9 Å². The molecule has 2 aromatic carbocycles. The van der Waals surface area contributed by atoms with E-state index in [1.807, 2.05) is 30.3 Å². The standard InChI is InChI=1S/C16H13N5O4/c22-15(10-20-11-17-16(19-20)21(23)24)18-12-6-8-14(9-7-12)25-13-4-2-1-3-5-13/h1-9,11H,10H2,(H,18,22).